The van der Waals surface area contributed by atoms with Crippen LogP contribution < -0.4 is 0 Å². The van der Waals surface area contributed by atoms with E-state index in [1.165, 1.54) is 11.0 Å². The van der Waals surface area contributed by atoms with E-state index in [1.807, 2.05) is 0 Å². The Labute approximate surface area is 166 Å². The molecular weight excluding hydrogens is 385 g/mol. The van der Waals surface area contributed by atoms with Crippen molar-refractivity contribution in [2.45, 2.75) is 26.6 Å². The van der Waals surface area contributed by atoms with Crippen LogP contribution in [0.5, 0.6) is 0 Å². The molecule has 29 heavy (non-hydrogen) atoms. The minimum Gasteiger partial charge on any atom is -0.372 e. The standard InChI is InChI=1S/C18H16FN3O6.CH4/c19-17-4-2-1-3-12(17)11-28-16-5-6-20(10-16)18(23)13-7-14(21(24)25)9-15(8-13)22(26)27;/h1-4,7-9,16H,5-6,10-11H2;1H4/t16-;/m1./s1. The Hall–Kier alpha value is -3.40. The van der Waals surface area contributed by atoms with Crippen LogP contribution in [0.25, 0.3) is 0 Å². The average Bonchev–Trinajstić information content (AvgIpc) is 3.15. The van der Waals surface area contributed by atoms with Crippen LogP contribution in [-0.4, -0.2) is 39.8 Å². The number of halogens is 1. The number of benzene rings is 2. The van der Waals surface area contributed by atoms with Crippen LogP contribution in [0.2, 0.25) is 0 Å². The highest BCUT2D eigenvalue weighted by Crippen LogP contribution is 2.25. The highest BCUT2D eigenvalue weighted by atomic mass is 19.1. The molecule has 0 saturated carbocycles. The molecular formula is C19H20FN3O6. The van der Waals surface area contributed by atoms with E-state index in [1.54, 1.807) is 18.2 Å². The topological polar surface area (TPSA) is 116 Å². The highest BCUT2D eigenvalue weighted by Gasteiger charge is 2.30. The zero-order valence-electron chi connectivity index (χ0n) is 14.6. The maximum Gasteiger partial charge on any atom is 0.277 e. The van der Waals surface area contributed by atoms with Crippen molar-refractivity contribution < 1.29 is 23.8 Å². The first kappa shape index (κ1) is 21.9. The number of amides is 1. The molecule has 10 heteroatoms. The Morgan fingerprint density at radius 1 is 1.14 bits per heavy atom. The summed E-state index contributed by atoms with van der Waals surface area (Å²) in [5.74, 6) is -0.930. The highest BCUT2D eigenvalue weighted by molar-refractivity contribution is 5.95. The van der Waals surface area contributed by atoms with Crippen molar-refractivity contribution in [3.63, 3.8) is 0 Å². The fraction of sp³-hybridized carbons (Fsp3) is 0.316. The number of nitro benzene ring substituents is 2. The van der Waals surface area contributed by atoms with Gasteiger partial charge in [0.05, 0.1) is 34.2 Å². The Kier molecular flexibility index (Phi) is 6.94. The molecule has 1 atom stereocenters. The smallest absolute Gasteiger partial charge is 0.277 e. The average molecular weight is 405 g/mol. The normalized spacial score (nSPS) is 15.6. The minimum absolute atomic E-state index is 0. The summed E-state index contributed by atoms with van der Waals surface area (Å²) >= 11 is 0. The molecule has 1 heterocycles. The van der Waals surface area contributed by atoms with Gasteiger partial charge in [0, 0.05) is 30.8 Å². The third-order valence-corrected chi connectivity index (χ3v) is 4.44. The van der Waals surface area contributed by atoms with Crippen LogP contribution >= 0.6 is 0 Å². The first-order valence-electron chi connectivity index (χ1n) is 8.43. The second kappa shape index (κ2) is 9.20. The summed E-state index contributed by atoms with van der Waals surface area (Å²) in [6.45, 7) is 0.600. The molecule has 9 nitrogen and oxygen atoms in total. The zero-order valence-corrected chi connectivity index (χ0v) is 14.6. The lowest BCUT2D eigenvalue weighted by atomic mass is 10.1. The number of non-ortho nitro benzene ring substituents is 2. The number of nitro groups is 2. The van der Waals surface area contributed by atoms with Crippen LogP contribution in [-0.2, 0) is 11.3 Å². The van der Waals surface area contributed by atoms with Crippen LogP contribution in [0, 0.1) is 26.0 Å². The van der Waals surface area contributed by atoms with E-state index in [0.29, 0.717) is 18.5 Å². The first-order valence-corrected chi connectivity index (χ1v) is 8.43. The minimum atomic E-state index is -0.784. The molecule has 2 aromatic carbocycles. The van der Waals surface area contributed by atoms with Crippen molar-refractivity contribution >= 4 is 17.3 Å². The van der Waals surface area contributed by atoms with Gasteiger partial charge in [-0.05, 0) is 12.5 Å². The summed E-state index contributed by atoms with van der Waals surface area (Å²) in [5, 5.41) is 22.0. The van der Waals surface area contributed by atoms with Crippen molar-refractivity contribution in [2.24, 2.45) is 0 Å². The van der Waals surface area contributed by atoms with Crippen LogP contribution in [0.3, 0.4) is 0 Å². The van der Waals surface area contributed by atoms with Crippen molar-refractivity contribution in [2.75, 3.05) is 13.1 Å². The lowest BCUT2D eigenvalue weighted by molar-refractivity contribution is -0.394. The number of hydrogen-bond donors (Lipinski definition) is 0. The van der Waals surface area contributed by atoms with Crippen molar-refractivity contribution in [1.29, 1.82) is 0 Å². The molecule has 0 N–H and O–H groups in total. The number of carbonyl (C=O) groups is 1. The quantitative estimate of drug-likeness (QED) is 0.534. The molecule has 1 aliphatic rings. The number of ether oxygens (including phenoxy) is 1. The molecule has 1 saturated heterocycles. The van der Waals surface area contributed by atoms with Crippen molar-refractivity contribution in [1.82, 2.24) is 4.90 Å². The predicted octanol–water partition coefficient (Wildman–Crippen LogP) is 3.71. The monoisotopic (exact) mass is 405 g/mol. The Morgan fingerprint density at radius 2 is 1.76 bits per heavy atom. The summed E-state index contributed by atoms with van der Waals surface area (Å²) in [6.07, 6.45) is 0.189. The first-order chi connectivity index (χ1) is 13.3. The third-order valence-electron chi connectivity index (χ3n) is 4.44. The number of carbonyl (C=O) groups excluding carboxylic acids is 1. The fourth-order valence-electron chi connectivity index (χ4n) is 2.98. The molecule has 1 aliphatic heterocycles. The SMILES string of the molecule is C.O=C(c1cc([N+](=O)[O-])cc([N+](=O)[O-])c1)N1CC[C@@H](OCc2ccccc2F)C1. The molecule has 1 amide bonds. The van der Waals surface area contributed by atoms with Gasteiger partial charge >= 0.3 is 0 Å². The van der Waals surface area contributed by atoms with E-state index in [9.17, 15) is 29.4 Å². The number of rotatable bonds is 6. The molecule has 0 bridgehead atoms. The summed E-state index contributed by atoms with van der Waals surface area (Å²) < 4.78 is 19.3. The van der Waals surface area contributed by atoms with E-state index in [0.717, 1.165) is 18.2 Å². The molecule has 154 valence electrons. The maximum absolute atomic E-state index is 13.6. The van der Waals surface area contributed by atoms with Crippen LogP contribution in [0.15, 0.2) is 42.5 Å². The van der Waals surface area contributed by atoms with E-state index < -0.39 is 27.1 Å². The molecule has 2 aromatic rings. The molecule has 0 spiro atoms. The Balaban J connectivity index is 0.00000300. The van der Waals surface area contributed by atoms with Crippen molar-refractivity contribution in [3.8, 4) is 0 Å². The van der Waals surface area contributed by atoms with Gasteiger partial charge in [0.15, 0.2) is 0 Å². The number of nitrogens with zero attached hydrogens (tertiary/aromatic N) is 3. The summed E-state index contributed by atoms with van der Waals surface area (Å²) in [7, 11) is 0. The zero-order chi connectivity index (χ0) is 20.3. The van der Waals surface area contributed by atoms with Gasteiger partial charge in [0.2, 0.25) is 0 Å². The van der Waals surface area contributed by atoms with Gasteiger partial charge in [0.25, 0.3) is 17.3 Å². The van der Waals surface area contributed by atoms with Gasteiger partial charge in [-0.1, -0.05) is 25.6 Å². The Morgan fingerprint density at radius 3 is 2.34 bits per heavy atom. The van der Waals surface area contributed by atoms with Crippen molar-refractivity contribution in [3.05, 3.63) is 79.6 Å². The van der Waals surface area contributed by atoms with Gasteiger partial charge < -0.3 is 9.64 Å². The Bertz CT molecular complexity index is 904. The number of likely N-dealkylation sites (tertiary alicyclic amines) is 1. The lowest BCUT2D eigenvalue weighted by Gasteiger charge is -2.17. The predicted molar refractivity (Wildman–Crippen MR) is 102 cm³/mol. The second-order valence-corrected chi connectivity index (χ2v) is 6.32. The van der Waals surface area contributed by atoms with E-state index in [4.69, 9.17) is 4.74 Å². The molecule has 0 aliphatic carbocycles. The van der Waals surface area contributed by atoms with Crippen LogP contribution in [0.1, 0.15) is 29.8 Å². The summed E-state index contributed by atoms with van der Waals surface area (Å²) in [4.78, 5) is 34.4. The van der Waals surface area contributed by atoms with Gasteiger partial charge in [0.1, 0.15) is 5.82 Å². The lowest BCUT2D eigenvalue weighted by Crippen LogP contribution is -2.30. The number of hydrogen-bond acceptors (Lipinski definition) is 6. The van der Waals surface area contributed by atoms with Gasteiger partial charge in [-0.25, -0.2) is 4.39 Å². The summed E-state index contributed by atoms with van der Waals surface area (Å²) in [6, 6.07) is 9.05. The molecule has 0 aromatic heterocycles. The van der Waals surface area contributed by atoms with Crippen LogP contribution in [0.4, 0.5) is 15.8 Å². The van der Waals surface area contributed by atoms with E-state index in [2.05, 4.69) is 0 Å². The summed E-state index contributed by atoms with van der Waals surface area (Å²) in [5.41, 5.74) is -0.773. The van der Waals surface area contributed by atoms with E-state index >= 15 is 0 Å². The molecule has 0 radical (unpaired) electrons. The molecule has 1 fully saturated rings. The fourth-order valence-corrected chi connectivity index (χ4v) is 2.98. The second-order valence-electron chi connectivity index (χ2n) is 6.32. The maximum atomic E-state index is 13.6. The largest absolute Gasteiger partial charge is 0.372 e. The van der Waals surface area contributed by atoms with Gasteiger partial charge in [-0.15, -0.1) is 0 Å². The molecule has 3 rings (SSSR count). The van der Waals surface area contributed by atoms with Gasteiger partial charge in [-0.3, -0.25) is 25.0 Å². The third kappa shape index (κ3) is 5.11. The molecule has 0 unspecified atom stereocenters. The van der Waals surface area contributed by atoms with E-state index in [-0.39, 0.29) is 38.1 Å². The van der Waals surface area contributed by atoms with Gasteiger partial charge in [-0.2, -0.15) is 0 Å².